The number of carbonyl (C=O) groups excluding carboxylic acids is 2. The van der Waals surface area contributed by atoms with Gasteiger partial charge in [0, 0.05) is 26.2 Å². The maximum atomic E-state index is 12.9. The quantitative estimate of drug-likeness (QED) is 0.813. The van der Waals surface area contributed by atoms with Crippen LogP contribution in [0, 0.1) is 13.8 Å². The molecule has 0 atom stereocenters. The third-order valence-corrected chi connectivity index (χ3v) is 6.38. The lowest BCUT2D eigenvalue weighted by Gasteiger charge is -2.34. The lowest BCUT2D eigenvalue weighted by atomic mass is 10.2. The SMILES string of the molecule is Cc1ccc(C)c(S(=O)(=O)N2CCN(C(=O)CNC(=O)OC(C)(C)C)CC2)c1. The average molecular weight is 412 g/mol. The Morgan fingerprint density at radius 2 is 1.71 bits per heavy atom. The Bertz CT molecular complexity index is 838. The van der Waals surface area contributed by atoms with Crippen molar-refractivity contribution in [3.05, 3.63) is 29.3 Å². The number of nitrogens with zero attached hydrogens (tertiary/aromatic N) is 2. The molecule has 1 N–H and O–H groups in total. The van der Waals surface area contributed by atoms with Gasteiger partial charge in [0.25, 0.3) is 0 Å². The van der Waals surface area contributed by atoms with E-state index in [4.69, 9.17) is 4.74 Å². The highest BCUT2D eigenvalue weighted by atomic mass is 32.2. The number of aryl methyl sites for hydroxylation is 2. The summed E-state index contributed by atoms with van der Waals surface area (Å²) >= 11 is 0. The minimum absolute atomic E-state index is 0.182. The number of hydrogen-bond donors (Lipinski definition) is 1. The van der Waals surface area contributed by atoms with Gasteiger partial charge in [-0.1, -0.05) is 12.1 Å². The average Bonchev–Trinajstić information content (AvgIpc) is 2.60. The first-order valence-electron chi connectivity index (χ1n) is 9.22. The second kappa shape index (κ2) is 8.48. The molecule has 28 heavy (non-hydrogen) atoms. The maximum Gasteiger partial charge on any atom is 0.408 e. The molecule has 0 spiro atoms. The summed E-state index contributed by atoms with van der Waals surface area (Å²) in [6.07, 6.45) is -0.656. The molecular formula is C19H29N3O5S. The molecule has 156 valence electrons. The molecule has 0 saturated carbocycles. The highest BCUT2D eigenvalue weighted by Gasteiger charge is 2.31. The summed E-state index contributed by atoms with van der Waals surface area (Å²) < 4.78 is 32.4. The van der Waals surface area contributed by atoms with E-state index in [2.05, 4.69) is 5.32 Å². The van der Waals surface area contributed by atoms with Gasteiger partial charge in [-0.05, 0) is 51.8 Å². The van der Waals surface area contributed by atoms with E-state index in [1.165, 1.54) is 4.31 Å². The zero-order valence-corrected chi connectivity index (χ0v) is 17.9. The van der Waals surface area contributed by atoms with E-state index in [9.17, 15) is 18.0 Å². The van der Waals surface area contributed by atoms with Gasteiger partial charge < -0.3 is 15.0 Å². The van der Waals surface area contributed by atoms with E-state index in [0.29, 0.717) is 10.5 Å². The molecule has 0 aromatic heterocycles. The van der Waals surface area contributed by atoms with Gasteiger partial charge in [0.2, 0.25) is 15.9 Å². The zero-order valence-electron chi connectivity index (χ0n) is 17.1. The molecule has 0 unspecified atom stereocenters. The summed E-state index contributed by atoms with van der Waals surface area (Å²) in [6.45, 7) is 9.65. The molecule has 0 aliphatic carbocycles. The number of hydrogen-bond acceptors (Lipinski definition) is 5. The van der Waals surface area contributed by atoms with Crippen LogP contribution in [-0.2, 0) is 19.6 Å². The molecule has 0 bridgehead atoms. The third-order valence-electron chi connectivity index (χ3n) is 4.34. The molecule has 8 nitrogen and oxygen atoms in total. The fraction of sp³-hybridized carbons (Fsp3) is 0.579. The van der Waals surface area contributed by atoms with Crippen molar-refractivity contribution in [3.63, 3.8) is 0 Å². The lowest BCUT2D eigenvalue weighted by Crippen LogP contribution is -2.52. The minimum Gasteiger partial charge on any atom is -0.444 e. The topological polar surface area (TPSA) is 96.0 Å². The van der Waals surface area contributed by atoms with Crippen LogP contribution in [0.4, 0.5) is 4.79 Å². The summed E-state index contributed by atoms with van der Waals surface area (Å²) in [4.78, 5) is 25.8. The van der Waals surface area contributed by atoms with Crippen molar-refractivity contribution >= 4 is 22.0 Å². The Labute approximate surface area is 166 Å². The van der Waals surface area contributed by atoms with Crippen molar-refractivity contribution in [1.82, 2.24) is 14.5 Å². The summed E-state index contributed by atoms with van der Waals surface area (Å²) in [5.41, 5.74) is 0.943. The Kier molecular flexibility index (Phi) is 6.71. The zero-order chi connectivity index (χ0) is 21.1. The van der Waals surface area contributed by atoms with Crippen molar-refractivity contribution in [2.24, 2.45) is 0 Å². The smallest absolute Gasteiger partial charge is 0.408 e. The molecule has 1 aliphatic heterocycles. The van der Waals surface area contributed by atoms with Gasteiger partial charge in [-0.15, -0.1) is 0 Å². The van der Waals surface area contributed by atoms with Gasteiger partial charge in [0.15, 0.2) is 0 Å². The standard InChI is InChI=1S/C19H29N3O5S/c1-14-6-7-15(2)16(12-14)28(25,26)22-10-8-21(9-11-22)17(23)13-20-18(24)27-19(3,4)5/h6-7,12H,8-11,13H2,1-5H3,(H,20,24). The normalized spacial score (nSPS) is 16.0. The fourth-order valence-corrected chi connectivity index (χ4v) is 4.61. The Balaban J connectivity index is 1.92. The van der Waals surface area contributed by atoms with Gasteiger partial charge in [0.05, 0.1) is 4.90 Å². The first-order valence-corrected chi connectivity index (χ1v) is 10.7. The van der Waals surface area contributed by atoms with Crippen molar-refractivity contribution in [3.8, 4) is 0 Å². The predicted octanol–water partition coefficient (Wildman–Crippen LogP) is 1.66. The maximum absolute atomic E-state index is 12.9. The number of sulfonamides is 1. The van der Waals surface area contributed by atoms with Crippen molar-refractivity contribution < 1.29 is 22.7 Å². The van der Waals surface area contributed by atoms with Crippen LogP contribution < -0.4 is 5.32 Å². The molecule has 2 amide bonds. The van der Waals surface area contributed by atoms with E-state index in [1.807, 2.05) is 13.0 Å². The molecule has 1 aliphatic rings. The number of rotatable bonds is 4. The number of alkyl carbamates (subject to hydrolysis) is 1. The van der Waals surface area contributed by atoms with Gasteiger partial charge in [-0.2, -0.15) is 4.31 Å². The van der Waals surface area contributed by atoms with Crippen molar-refractivity contribution in [2.45, 2.75) is 45.1 Å². The van der Waals surface area contributed by atoms with Crippen LogP contribution in [0.3, 0.4) is 0 Å². The number of carbonyl (C=O) groups is 2. The molecular weight excluding hydrogens is 382 g/mol. The lowest BCUT2D eigenvalue weighted by molar-refractivity contribution is -0.131. The third kappa shape index (κ3) is 5.68. The fourth-order valence-electron chi connectivity index (χ4n) is 2.88. The number of amides is 2. The first kappa shape index (κ1) is 22.2. The molecule has 0 radical (unpaired) electrons. The van der Waals surface area contributed by atoms with Gasteiger partial charge in [0.1, 0.15) is 12.1 Å². The highest BCUT2D eigenvalue weighted by Crippen LogP contribution is 2.22. The van der Waals surface area contributed by atoms with Crippen LogP contribution in [0.25, 0.3) is 0 Å². The van der Waals surface area contributed by atoms with Crippen LogP contribution in [0.2, 0.25) is 0 Å². The predicted molar refractivity (Wildman–Crippen MR) is 105 cm³/mol. The van der Waals surface area contributed by atoms with Crippen LogP contribution in [0.1, 0.15) is 31.9 Å². The monoisotopic (exact) mass is 411 g/mol. The molecule has 1 aromatic carbocycles. The Morgan fingerprint density at radius 3 is 2.29 bits per heavy atom. The van der Waals surface area contributed by atoms with E-state index in [1.54, 1.807) is 44.7 Å². The summed E-state index contributed by atoms with van der Waals surface area (Å²) in [5, 5.41) is 2.43. The van der Waals surface area contributed by atoms with E-state index in [-0.39, 0.29) is 38.6 Å². The number of benzene rings is 1. The van der Waals surface area contributed by atoms with Crippen LogP contribution in [0.15, 0.2) is 23.1 Å². The van der Waals surface area contributed by atoms with Crippen molar-refractivity contribution in [2.75, 3.05) is 32.7 Å². The van der Waals surface area contributed by atoms with Crippen LogP contribution >= 0.6 is 0 Å². The number of ether oxygens (including phenoxy) is 1. The number of piperazine rings is 1. The molecule has 2 rings (SSSR count). The molecule has 9 heteroatoms. The molecule has 1 heterocycles. The van der Waals surface area contributed by atoms with Crippen molar-refractivity contribution in [1.29, 1.82) is 0 Å². The summed E-state index contributed by atoms with van der Waals surface area (Å²) in [7, 11) is -3.60. The van der Waals surface area contributed by atoms with Gasteiger partial charge in [-0.25, -0.2) is 13.2 Å². The largest absolute Gasteiger partial charge is 0.444 e. The second-order valence-corrected chi connectivity index (χ2v) is 9.82. The molecule has 1 fully saturated rings. The molecule has 1 saturated heterocycles. The van der Waals surface area contributed by atoms with Gasteiger partial charge in [-0.3, -0.25) is 4.79 Å². The minimum atomic E-state index is -3.60. The van der Waals surface area contributed by atoms with Crippen LogP contribution in [-0.4, -0.2) is 67.9 Å². The van der Waals surface area contributed by atoms with Gasteiger partial charge >= 0.3 is 6.09 Å². The van der Waals surface area contributed by atoms with E-state index < -0.39 is 21.7 Å². The van der Waals surface area contributed by atoms with E-state index >= 15 is 0 Å². The number of nitrogens with one attached hydrogen (secondary N) is 1. The molecule has 1 aromatic rings. The second-order valence-electron chi connectivity index (χ2n) is 7.91. The Morgan fingerprint density at radius 1 is 1.11 bits per heavy atom. The Hall–Kier alpha value is -2.13. The summed E-state index contributed by atoms with van der Waals surface area (Å²) in [6, 6.07) is 5.35. The van der Waals surface area contributed by atoms with E-state index in [0.717, 1.165) is 5.56 Å². The summed E-state index contributed by atoms with van der Waals surface area (Å²) in [5.74, 6) is -0.269. The van der Waals surface area contributed by atoms with Crippen LogP contribution in [0.5, 0.6) is 0 Å². The highest BCUT2D eigenvalue weighted by molar-refractivity contribution is 7.89. The first-order chi connectivity index (χ1) is 12.9.